The molecule has 102 valence electrons. The number of hydrogen-bond acceptors (Lipinski definition) is 4. The van der Waals surface area contributed by atoms with E-state index < -0.39 is 0 Å². The van der Waals surface area contributed by atoms with Crippen molar-refractivity contribution in [3.05, 3.63) is 51.0 Å². The number of furan rings is 1. The third-order valence-electron chi connectivity index (χ3n) is 2.96. The summed E-state index contributed by atoms with van der Waals surface area (Å²) in [5, 5.41) is 3.31. The highest BCUT2D eigenvalue weighted by Crippen LogP contribution is 2.11. The largest absolute Gasteiger partial charge is 0.468 e. The Hall–Kier alpha value is -1.40. The fourth-order valence-electron chi connectivity index (χ4n) is 1.85. The Kier molecular flexibility index (Phi) is 4.55. The minimum atomic E-state index is -0.0556. The molecule has 1 N–H and O–H groups in total. The normalized spacial score (nSPS) is 12.6. The Bertz CT molecular complexity index is 592. The Morgan fingerprint density at radius 2 is 2.37 bits per heavy atom. The fraction of sp³-hybridized carbons (Fsp3) is 0.385. The smallest absolute Gasteiger partial charge is 0.267 e. The number of nitrogens with one attached hydrogen (secondary N) is 1. The molecule has 0 aliphatic carbocycles. The van der Waals surface area contributed by atoms with Crippen molar-refractivity contribution < 1.29 is 4.42 Å². The van der Waals surface area contributed by atoms with Crippen molar-refractivity contribution >= 4 is 15.9 Å². The van der Waals surface area contributed by atoms with Gasteiger partial charge in [0, 0.05) is 19.3 Å². The highest BCUT2D eigenvalue weighted by Gasteiger charge is 2.08. The zero-order valence-electron chi connectivity index (χ0n) is 10.9. The van der Waals surface area contributed by atoms with Gasteiger partial charge in [0.15, 0.2) is 0 Å². The summed E-state index contributed by atoms with van der Waals surface area (Å²) in [4.78, 5) is 16.1. The average molecular weight is 326 g/mol. The second kappa shape index (κ2) is 6.16. The van der Waals surface area contributed by atoms with Crippen LogP contribution in [0.25, 0.3) is 0 Å². The van der Waals surface area contributed by atoms with E-state index >= 15 is 0 Å². The second-order valence-corrected chi connectivity index (χ2v) is 5.16. The maximum absolute atomic E-state index is 11.9. The van der Waals surface area contributed by atoms with E-state index in [-0.39, 0.29) is 11.6 Å². The van der Waals surface area contributed by atoms with Crippen molar-refractivity contribution in [3.8, 4) is 0 Å². The zero-order chi connectivity index (χ0) is 13.8. The van der Waals surface area contributed by atoms with Gasteiger partial charge >= 0.3 is 0 Å². The highest BCUT2D eigenvalue weighted by atomic mass is 79.9. The van der Waals surface area contributed by atoms with Gasteiger partial charge in [-0.1, -0.05) is 0 Å². The van der Waals surface area contributed by atoms with Gasteiger partial charge in [-0.05, 0) is 41.9 Å². The average Bonchev–Trinajstić information content (AvgIpc) is 2.92. The van der Waals surface area contributed by atoms with Crippen molar-refractivity contribution in [1.29, 1.82) is 0 Å². The molecule has 0 saturated heterocycles. The summed E-state index contributed by atoms with van der Waals surface area (Å²) < 4.78 is 7.44. The van der Waals surface area contributed by atoms with Crippen LogP contribution in [0.4, 0.5) is 0 Å². The predicted octanol–water partition coefficient (Wildman–Crippen LogP) is 2.26. The number of rotatable bonds is 5. The lowest BCUT2D eigenvalue weighted by Gasteiger charge is -2.13. The second-order valence-electron chi connectivity index (χ2n) is 4.30. The van der Waals surface area contributed by atoms with Crippen LogP contribution >= 0.6 is 15.9 Å². The first-order chi connectivity index (χ1) is 9.09. The van der Waals surface area contributed by atoms with Crippen LogP contribution < -0.4 is 10.9 Å². The maximum atomic E-state index is 11.9. The van der Waals surface area contributed by atoms with Crippen LogP contribution in [0.3, 0.4) is 0 Å². The molecule has 0 spiro atoms. The first kappa shape index (κ1) is 14.0. The first-order valence-electron chi connectivity index (χ1n) is 6.08. The highest BCUT2D eigenvalue weighted by molar-refractivity contribution is 9.10. The summed E-state index contributed by atoms with van der Waals surface area (Å²) in [5.74, 6) is 1.59. The van der Waals surface area contributed by atoms with Crippen LogP contribution in [0, 0.1) is 6.92 Å². The van der Waals surface area contributed by atoms with Gasteiger partial charge in [0.2, 0.25) is 0 Å². The molecule has 0 radical (unpaired) electrons. The van der Waals surface area contributed by atoms with Crippen molar-refractivity contribution in [1.82, 2.24) is 14.9 Å². The van der Waals surface area contributed by atoms with Gasteiger partial charge in [-0.3, -0.25) is 9.36 Å². The molecule has 1 unspecified atom stereocenters. The van der Waals surface area contributed by atoms with E-state index in [0.717, 1.165) is 5.76 Å². The van der Waals surface area contributed by atoms with E-state index in [9.17, 15) is 4.79 Å². The van der Waals surface area contributed by atoms with E-state index in [1.54, 1.807) is 10.8 Å². The van der Waals surface area contributed by atoms with Crippen LogP contribution in [-0.2, 0) is 6.54 Å². The summed E-state index contributed by atoms with van der Waals surface area (Å²) in [6, 6.07) is 3.90. The molecule has 0 saturated carbocycles. The maximum Gasteiger partial charge on any atom is 0.267 e. The van der Waals surface area contributed by atoms with Gasteiger partial charge in [-0.2, -0.15) is 0 Å². The number of aryl methyl sites for hydroxylation is 1. The Labute approximate surface area is 119 Å². The molecule has 0 bridgehead atoms. The number of nitrogens with zero attached hydrogens (tertiary/aromatic N) is 2. The minimum absolute atomic E-state index is 0.0556. The molecule has 0 fully saturated rings. The molecule has 2 aromatic heterocycles. The van der Waals surface area contributed by atoms with Crippen LogP contribution in [0.5, 0.6) is 0 Å². The number of hydrogen-bond donors (Lipinski definition) is 1. The van der Waals surface area contributed by atoms with Crippen LogP contribution in [0.1, 0.15) is 24.6 Å². The molecule has 0 aliphatic rings. The van der Waals surface area contributed by atoms with Crippen molar-refractivity contribution in [3.63, 3.8) is 0 Å². The Balaban J connectivity index is 1.97. The predicted molar refractivity (Wildman–Crippen MR) is 76.1 cm³/mol. The molecule has 2 rings (SSSR count). The molecule has 1 atom stereocenters. The summed E-state index contributed by atoms with van der Waals surface area (Å²) in [6.45, 7) is 5.08. The lowest BCUT2D eigenvalue weighted by Crippen LogP contribution is -2.30. The lowest BCUT2D eigenvalue weighted by atomic mass is 10.2. The quantitative estimate of drug-likeness (QED) is 0.916. The minimum Gasteiger partial charge on any atom is -0.468 e. The molecule has 5 nitrogen and oxygen atoms in total. The van der Waals surface area contributed by atoms with Gasteiger partial charge < -0.3 is 9.73 Å². The van der Waals surface area contributed by atoms with Gasteiger partial charge in [0.1, 0.15) is 16.1 Å². The van der Waals surface area contributed by atoms with Gasteiger partial charge in [-0.25, -0.2) is 4.98 Å². The number of halogens is 1. The Morgan fingerprint density at radius 3 is 3.05 bits per heavy atom. The molecular weight excluding hydrogens is 310 g/mol. The van der Waals surface area contributed by atoms with Gasteiger partial charge in [0.25, 0.3) is 5.56 Å². The molecule has 19 heavy (non-hydrogen) atoms. The van der Waals surface area contributed by atoms with Crippen LogP contribution in [-0.4, -0.2) is 16.1 Å². The topological polar surface area (TPSA) is 60.1 Å². The molecule has 2 aromatic rings. The first-order valence-corrected chi connectivity index (χ1v) is 6.87. The SMILES string of the molecule is Cc1ncc(Br)c(=O)n1CCNC(C)c1ccco1. The third-order valence-corrected chi connectivity index (χ3v) is 3.50. The summed E-state index contributed by atoms with van der Waals surface area (Å²) in [5.41, 5.74) is -0.0556. The van der Waals surface area contributed by atoms with E-state index in [1.165, 1.54) is 6.20 Å². The van der Waals surface area contributed by atoms with Crippen molar-refractivity contribution in [2.75, 3.05) is 6.54 Å². The van der Waals surface area contributed by atoms with E-state index in [2.05, 4.69) is 26.2 Å². The number of aromatic nitrogens is 2. The van der Waals surface area contributed by atoms with E-state index in [1.807, 2.05) is 26.0 Å². The van der Waals surface area contributed by atoms with Gasteiger partial charge in [0.05, 0.1) is 12.3 Å². The molecular formula is C13H16BrN3O2. The molecule has 0 aromatic carbocycles. The third kappa shape index (κ3) is 3.33. The molecule has 0 aliphatic heterocycles. The molecule has 0 amide bonds. The van der Waals surface area contributed by atoms with Crippen LogP contribution in [0.15, 0.2) is 38.3 Å². The summed E-state index contributed by atoms with van der Waals surface area (Å²) in [6.07, 6.45) is 3.19. The van der Waals surface area contributed by atoms with Gasteiger partial charge in [-0.15, -0.1) is 0 Å². The fourth-order valence-corrected chi connectivity index (χ4v) is 2.16. The standard InChI is InChI=1S/C13H16BrN3O2/c1-9(12-4-3-7-19-12)15-5-6-17-10(2)16-8-11(14)13(17)18/h3-4,7-9,15H,5-6H2,1-2H3. The molecule has 2 heterocycles. The summed E-state index contributed by atoms with van der Waals surface area (Å²) in [7, 11) is 0. The Morgan fingerprint density at radius 1 is 1.58 bits per heavy atom. The van der Waals surface area contributed by atoms with E-state index in [0.29, 0.717) is 23.4 Å². The summed E-state index contributed by atoms with van der Waals surface area (Å²) >= 11 is 3.20. The van der Waals surface area contributed by atoms with Crippen LogP contribution in [0.2, 0.25) is 0 Å². The van der Waals surface area contributed by atoms with E-state index in [4.69, 9.17) is 4.42 Å². The van der Waals surface area contributed by atoms with Crippen molar-refractivity contribution in [2.24, 2.45) is 0 Å². The van der Waals surface area contributed by atoms with Crippen molar-refractivity contribution in [2.45, 2.75) is 26.4 Å². The monoisotopic (exact) mass is 325 g/mol. The zero-order valence-corrected chi connectivity index (χ0v) is 12.5. The molecule has 6 heteroatoms. The lowest BCUT2D eigenvalue weighted by molar-refractivity contribution is 0.420.